The molecular weight excluding hydrogens is 228 g/mol. The van der Waals surface area contributed by atoms with Crippen LogP contribution in [0.2, 0.25) is 0 Å². The van der Waals surface area contributed by atoms with Gasteiger partial charge in [0.2, 0.25) is 0 Å². The Balaban J connectivity index is 2.86. The first-order valence-electron chi connectivity index (χ1n) is 6.11. The van der Waals surface area contributed by atoms with Crippen molar-refractivity contribution in [1.29, 1.82) is 5.26 Å². The molecule has 0 aliphatic rings. The van der Waals surface area contributed by atoms with Gasteiger partial charge in [0.25, 0.3) is 5.91 Å². The number of hydrogen-bond donors (Lipinski definition) is 2. The van der Waals surface area contributed by atoms with Gasteiger partial charge < -0.3 is 10.3 Å². The Labute approximate surface area is 108 Å². The molecule has 1 atom stereocenters. The van der Waals surface area contributed by atoms with Crippen LogP contribution in [-0.2, 0) is 5.41 Å². The Hall–Kier alpha value is -1.83. The molecule has 2 N–H and O–H groups in total. The molecule has 18 heavy (non-hydrogen) atoms. The second-order valence-electron chi connectivity index (χ2n) is 5.32. The third kappa shape index (κ3) is 3.33. The number of aromatic amines is 1. The second kappa shape index (κ2) is 5.67. The Morgan fingerprint density at radius 2 is 2.28 bits per heavy atom. The summed E-state index contributed by atoms with van der Waals surface area (Å²) >= 11 is 0. The van der Waals surface area contributed by atoms with Crippen molar-refractivity contribution in [3.8, 4) is 6.07 Å². The molecule has 0 radical (unpaired) electrons. The molecule has 1 aromatic rings. The quantitative estimate of drug-likeness (QED) is 0.856. The minimum atomic E-state index is -0.219. The van der Waals surface area contributed by atoms with E-state index in [-0.39, 0.29) is 17.4 Å². The van der Waals surface area contributed by atoms with Gasteiger partial charge in [0, 0.05) is 11.5 Å². The first kappa shape index (κ1) is 14.2. The molecule has 0 bridgehead atoms. The van der Waals surface area contributed by atoms with Crippen LogP contribution in [0.5, 0.6) is 0 Å². The van der Waals surface area contributed by atoms with E-state index in [0.717, 1.165) is 12.1 Å². The third-order valence-electron chi connectivity index (χ3n) is 2.77. The first-order valence-corrected chi connectivity index (χ1v) is 6.11. The zero-order chi connectivity index (χ0) is 13.8. The second-order valence-corrected chi connectivity index (χ2v) is 5.32. The summed E-state index contributed by atoms with van der Waals surface area (Å²) in [6.45, 7) is 8.00. The highest BCUT2D eigenvalue weighted by Gasteiger charge is 2.25. The van der Waals surface area contributed by atoms with Gasteiger partial charge in [0.05, 0.1) is 24.5 Å². The van der Waals surface area contributed by atoms with E-state index in [1.165, 1.54) is 6.33 Å². The maximum atomic E-state index is 12.1. The molecule has 0 saturated carbocycles. The van der Waals surface area contributed by atoms with Crippen molar-refractivity contribution >= 4 is 5.91 Å². The van der Waals surface area contributed by atoms with Gasteiger partial charge in [-0.25, -0.2) is 4.98 Å². The number of imidazole rings is 1. The Morgan fingerprint density at radius 1 is 1.61 bits per heavy atom. The van der Waals surface area contributed by atoms with Crippen LogP contribution in [0.3, 0.4) is 0 Å². The zero-order valence-electron chi connectivity index (χ0n) is 11.4. The van der Waals surface area contributed by atoms with Crippen LogP contribution in [0.1, 0.15) is 56.7 Å². The van der Waals surface area contributed by atoms with Crippen LogP contribution in [0.25, 0.3) is 0 Å². The Kier molecular flexibility index (Phi) is 4.49. The maximum absolute atomic E-state index is 12.1. The molecule has 1 aromatic heterocycles. The molecule has 0 aliphatic heterocycles. The van der Waals surface area contributed by atoms with E-state index >= 15 is 0 Å². The normalized spacial score (nSPS) is 12.8. The van der Waals surface area contributed by atoms with E-state index in [1.54, 1.807) is 0 Å². The topological polar surface area (TPSA) is 81.6 Å². The molecular formula is C13H20N4O. The van der Waals surface area contributed by atoms with Gasteiger partial charge in [-0.15, -0.1) is 0 Å². The van der Waals surface area contributed by atoms with E-state index in [2.05, 4.69) is 21.4 Å². The molecule has 0 unspecified atom stereocenters. The van der Waals surface area contributed by atoms with Crippen LogP contribution < -0.4 is 5.32 Å². The van der Waals surface area contributed by atoms with Crippen molar-refractivity contribution in [3.63, 3.8) is 0 Å². The van der Waals surface area contributed by atoms with Crippen molar-refractivity contribution in [2.45, 2.75) is 52.0 Å². The van der Waals surface area contributed by atoms with Gasteiger partial charge in [-0.3, -0.25) is 4.79 Å². The van der Waals surface area contributed by atoms with E-state index in [0.29, 0.717) is 12.1 Å². The summed E-state index contributed by atoms with van der Waals surface area (Å²) in [7, 11) is 0. The van der Waals surface area contributed by atoms with Gasteiger partial charge in [-0.1, -0.05) is 27.7 Å². The maximum Gasteiger partial charge on any atom is 0.272 e. The van der Waals surface area contributed by atoms with Gasteiger partial charge in [-0.2, -0.15) is 5.26 Å². The fourth-order valence-electron chi connectivity index (χ4n) is 1.70. The van der Waals surface area contributed by atoms with Gasteiger partial charge >= 0.3 is 0 Å². The molecule has 0 spiro atoms. The summed E-state index contributed by atoms with van der Waals surface area (Å²) < 4.78 is 0. The van der Waals surface area contributed by atoms with Crippen molar-refractivity contribution in [2.75, 3.05) is 0 Å². The molecule has 98 valence electrons. The number of H-pyrrole nitrogens is 1. The summed E-state index contributed by atoms with van der Waals surface area (Å²) in [4.78, 5) is 19.2. The molecule has 0 aliphatic carbocycles. The number of nitrogens with one attached hydrogen (secondary N) is 2. The number of carbonyl (C=O) groups excluding carboxylic acids is 1. The van der Waals surface area contributed by atoms with Crippen LogP contribution in [0.4, 0.5) is 0 Å². The largest absolute Gasteiger partial charge is 0.347 e. The molecule has 0 saturated heterocycles. The van der Waals surface area contributed by atoms with Crippen LogP contribution in [0.15, 0.2) is 6.33 Å². The van der Waals surface area contributed by atoms with Gasteiger partial charge in [0.15, 0.2) is 0 Å². The molecule has 1 rings (SSSR count). The minimum Gasteiger partial charge on any atom is -0.347 e. The van der Waals surface area contributed by atoms with Crippen LogP contribution in [0, 0.1) is 11.3 Å². The van der Waals surface area contributed by atoms with Crippen molar-refractivity contribution in [3.05, 3.63) is 17.7 Å². The Morgan fingerprint density at radius 3 is 2.78 bits per heavy atom. The predicted molar refractivity (Wildman–Crippen MR) is 69.1 cm³/mol. The first-order chi connectivity index (χ1) is 8.40. The van der Waals surface area contributed by atoms with E-state index in [9.17, 15) is 4.79 Å². The summed E-state index contributed by atoms with van der Waals surface area (Å²) in [6, 6.07) is 1.95. The number of hydrogen-bond acceptors (Lipinski definition) is 3. The number of nitriles is 1. The van der Waals surface area contributed by atoms with Crippen molar-refractivity contribution < 1.29 is 4.79 Å². The number of rotatable bonds is 4. The molecule has 1 amide bonds. The lowest BCUT2D eigenvalue weighted by Gasteiger charge is -2.19. The summed E-state index contributed by atoms with van der Waals surface area (Å²) in [5.74, 6) is -0.219. The van der Waals surface area contributed by atoms with E-state index in [4.69, 9.17) is 5.26 Å². The predicted octanol–water partition coefficient (Wildman–Crippen LogP) is 2.13. The molecule has 0 fully saturated rings. The molecule has 5 heteroatoms. The monoisotopic (exact) mass is 248 g/mol. The average molecular weight is 248 g/mol. The summed E-state index contributed by atoms with van der Waals surface area (Å²) in [5.41, 5.74) is 1.06. The summed E-state index contributed by atoms with van der Waals surface area (Å²) in [5, 5.41) is 11.5. The number of aromatic nitrogens is 2. The number of carbonyl (C=O) groups is 1. The van der Waals surface area contributed by atoms with Crippen molar-refractivity contribution in [1.82, 2.24) is 15.3 Å². The highest BCUT2D eigenvalue weighted by Crippen LogP contribution is 2.22. The van der Waals surface area contributed by atoms with Crippen molar-refractivity contribution in [2.24, 2.45) is 0 Å². The minimum absolute atomic E-state index is 0.119. The number of amides is 1. The van der Waals surface area contributed by atoms with Crippen LogP contribution >= 0.6 is 0 Å². The Bertz CT molecular complexity index is 450. The fourth-order valence-corrected chi connectivity index (χ4v) is 1.70. The number of nitrogens with zero attached hydrogens (tertiary/aromatic N) is 2. The third-order valence-corrected chi connectivity index (χ3v) is 2.77. The highest BCUT2D eigenvalue weighted by molar-refractivity contribution is 5.93. The van der Waals surface area contributed by atoms with E-state index < -0.39 is 0 Å². The van der Waals surface area contributed by atoms with Gasteiger partial charge in [-0.05, 0) is 6.42 Å². The average Bonchev–Trinajstić information content (AvgIpc) is 2.76. The molecule has 1 heterocycles. The standard InChI is InChI=1S/C13H20N4O/c1-5-9(6-7-14)17-12(18)10-11(13(2,3)4)16-8-15-10/h8-9H,5-6H2,1-4H3,(H,15,16)(H,17,18)/t9-/m0/s1. The summed E-state index contributed by atoms with van der Waals surface area (Å²) in [6.07, 6.45) is 2.58. The SMILES string of the molecule is CC[C@@H](CC#N)NC(=O)c1nc[nH]c1C(C)(C)C. The lowest BCUT2D eigenvalue weighted by atomic mass is 9.90. The smallest absolute Gasteiger partial charge is 0.272 e. The van der Waals surface area contributed by atoms with E-state index in [1.807, 2.05) is 27.7 Å². The highest BCUT2D eigenvalue weighted by atomic mass is 16.2. The fraction of sp³-hybridized carbons (Fsp3) is 0.615. The lowest BCUT2D eigenvalue weighted by Crippen LogP contribution is -2.35. The van der Waals surface area contributed by atoms with Crippen LogP contribution in [-0.4, -0.2) is 21.9 Å². The molecule has 5 nitrogen and oxygen atoms in total. The van der Waals surface area contributed by atoms with Gasteiger partial charge in [0.1, 0.15) is 5.69 Å². The molecule has 0 aromatic carbocycles. The zero-order valence-corrected chi connectivity index (χ0v) is 11.4. The lowest BCUT2D eigenvalue weighted by molar-refractivity contribution is 0.0929.